The van der Waals surface area contributed by atoms with E-state index in [0.717, 1.165) is 4.90 Å². The van der Waals surface area contributed by atoms with Gasteiger partial charge in [-0.25, -0.2) is 14.0 Å². The summed E-state index contributed by atoms with van der Waals surface area (Å²) in [5.74, 6) is -0.736. The lowest BCUT2D eigenvalue weighted by Crippen LogP contribution is -2.30. The number of carbonyl (C=O) groups excluding carboxylic acids is 3. The van der Waals surface area contributed by atoms with Gasteiger partial charge in [0, 0.05) is 5.56 Å². The van der Waals surface area contributed by atoms with E-state index < -0.39 is 17.9 Å². The number of rotatable bonds is 8. The average Bonchev–Trinajstić information content (AvgIpc) is 3.43. The molecular weight excluding hydrogens is 459 g/mol. The number of nitrogens with zero attached hydrogens (tertiary/aromatic N) is 1. The van der Waals surface area contributed by atoms with Crippen molar-refractivity contribution in [1.82, 2.24) is 10.2 Å². The number of hydrogen-bond acceptors (Lipinski definition) is 7. The predicted molar refractivity (Wildman–Crippen MR) is 121 cm³/mol. The molecule has 1 saturated heterocycles. The van der Waals surface area contributed by atoms with Crippen LogP contribution in [0, 0.1) is 5.82 Å². The van der Waals surface area contributed by atoms with Gasteiger partial charge in [-0.3, -0.25) is 9.69 Å². The molecule has 3 amide bonds. The zero-order chi connectivity index (χ0) is 24.9. The Bertz CT molecular complexity index is 1310. The molecule has 2 aromatic carbocycles. The van der Waals surface area contributed by atoms with Gasteiger partial charge in [-0.05, 0) is 42.0 Å². The molecular formula is C25H21FN2O7. The van der Waals surface area contributed by atoms with Gasteiger partial charge in [-0.2, -0.15) is 0 Å². The van der Waals surface area contributed by atoms with Gasteiger partial charge in [0.1, 0.15) is 23.9 Å². The first-order valence-electron chi connectivity index (χ1n) is 10.5. The molecule has 0 unspecified atom stereocenters. The third kappa shape index (κ3) is 5.16. The number of hydrogen-bond donors (Lipinski definition) is 1. The van der Waals surface area contributed by atoms with Crippen molar-refractivity contribution in [2.24, 2.45) is 0 Å². The predicted octanol–water partition coefficient (Wildman–Crippen LogP) is 3.89. The quantitative estimate of drug-likeness (QED) is 0.296. The summed E-state index contributed by atoms with van der Waals surface area (Å²) >= 11 is 0. The molecule has 0 radical (unpaired) electrons. The molecule has 4 rings (SSSR count). The van der Waals surface area contributed by atoms with E-state index in [1.165, 1.54) is 44.6 Å². The summed E-state index contributed by atoms with van der Waals surface area (Å²) in [6.45, 7) is -0.123. The van der Waals surface area contributed by atoms with Crippen LogP contribution in [0.4, 0.5) is 9.18 Å². The summed E-state index contributed by atoms with van der Waals surface area (Å²) in [5.41, 5.74) is 1.09. The number of amides is 3. The van der Waals surface area contributed by atoms with Crippen molar-refractivity contribution >= 4 is 24.0 Å². The van der Waals surface area contributed by atoms with Crippen LogP contribution in [0.25, 0.3) is 6.08 Å². The Morgan fingerprint density at radius 1 is 1.11 bits per heavy atom. The topological polar surface area (TPSA) is 107 Å². The van der Waals surface area contributed by atoms with Gasteiger partial charge in [0.2, 0.25) is 5.76 Å². The number of esters is 1. The number of nitrogens with one attached hydrogen (secondary N) is 1. The second-order valence-corrected chi connectivity index (χ2v) is 7.43. The molecule has 1 aliphatic rings. The largest absolute Gasteiger partial charge is 0.493 e. The van der Waals surface area contributed by atoms with E-state index >= 15 is 0 Å². The lowest BCUT2D eigenvalue weighted by atomic mass is 10.1. The normalized spacial score (nSPS) is 14.3. The number of furan rings is 1. The Hall–Kier alpha value is -4.60. The maximum atomic E-state index is 13.5. The van der Waals surface area contributed by atoms with Crippen LogP contribution in [-0.2, 0) is 22.7 Å². The first kappa shape index (κ1) is 23.6. The highest BCUT2D eigenvalue weighted by atomic mass is 19.1. The van der Waals surface area contributed by atoms with E-state index in [2.05, 4.69) is 10.1 Å². The molecule has 10 heteroatoms. The van der Waals surface area contributed by atoms with Crippen molar-refractivity contribution in [2.45, 2.75) is 13.2 Å². The summed E-state index contributed by atoms with van der Waals surface area (Å²) in [5, 5.41) is 2.53. The minimum atomic E-state index is -0.669. The van der Waals surface area contributed by atoms with E-state index in [1.54, 1.807) is 30.3 Å². The molecule has 180 valence electrons. The minimum absolute atomic E-state index is 0.0126. The van der Waals surface area contributed by atoms with Gasteiger partial charge in [-0.1, -0.05) is 24.3 Å². The van der Waals surface area contributed by atoms with Crippen LogP contribution in [0.5, 0.6) is 11.5 Å². The molecule has 0 bridgehead atoms. The van der Waals surface area contributed by atoms with Gasteiger partial charge in [0.05, 0.1) is 20.8 Å². The number of carbonyl (C=O) groups is 3. The number of halogens is 1. The lowest BCUT2D eigenvalue weighted by molar-refractivity contribution is -0.123. The molecule has 2 heterocycles. The highest BCUT2D eigenvalue weighted by molar-refractivity contribution is 6.14. The first-order valence-corrected chi connectivity index (χ1v) is 10.5. The Morgan fingerprint density at radius 3 is 2.66 bits per heavy atom. The van der Waals surface area contributed by atoms with Crippen LogP contribution in [0.2, 0.25) is 0 Å². The third-order valence-electron chi connectivity index (χ3n) is 5.13. The van der Waals surface area contributed by atoms with E-state index in [9.17, 15) is 18.8 Å². The van der Waals surface area contributed by atoms with Crippen LogP contribution in [-0.4, -0.2) is 37.0 Å². The fourth-order valence-electron chi connectivity index (χ4n) is 3.44. The Kier molecular flexibility index (Phi) is 6.81. The molecule has 0 aliphatic carbocycles. The van der Waals surface area contributed by atoms with Crippen LogP contribution in [0.3, 0.4) is 0 Å². The third-order valence-corrected chi connectivity index (χ3v) is 5.13. The van der Waals surface area contributed by atoms with Gasteiger partial charge >= 0.3 is 12.0 Å². The van der Waals surface area contributed by atoms with Crippen LogP contribution >= 0.6 is 0 Å². The monoisotopic (exact) mass is 480 g/mol. The maximum absolute atomic E-state index is 13.5. The molecule has 35 heavy (non-hydrogen) atoms. The molecule has 1 N–H and O–H groups in total. The Balaban J connectivity index is 1.56. The number of urea groups is 1. The molecule has 1 aromatic heterocycles. The number of imide groups is 1. The lowest BCUT2D eigenvalue weighted by Gasteiger charge is -2.14. The number of para-hydroxylation sites is 1. The van der Waals surface area contributed by atoms with E-state index in [4.69, 9.17) is 13.9 Å². The van der Waals surface area contributed by atoms with E-state index in [-0.39, 0.29) is 36.2 Å². The summed E-state index contributed by atoms with van der Waals surface area (Å²) in [6.07, 6.45) is 1.46. The molecule has 0 saturated carbocycles. The SMILES string of the molecule is COC(=O)c1ccc(CN2C(=O)N/C(=C/c3cccc(OC)c3OCc3cccc(F)c3)C2=O)o1. The summed E-state index contributed by atoms with van der Waals surface area (Å²) in [6, 6.07) is 13.3. The average molecular weight is 480 g/mol. The van der Waals surface area contributed by atoms with Crippen molar-refractivity contribution in [1.29, 1.82) is 0 Å². The molecule has 0 spiro atoms. The van der Waals surface area contributed by atoms with Crippen molar-refractivity contribution < 1.29 is 37.4 Å². The number of methoxy groups -OCH3 is 2. The smallest absolute Gasteiger partial charge is 0.373 e. The standard InChI is InChI=1S/C25H21FN2O7/c1-32-20-8-4-6-16(22(20)34-14-15-5-3-7-17(26)11-15)12-19-23(29)28(25(31)27-19)13-18-9-10-21(35-18)24(30)33-2/h3-12H,13-14H2,1-2H3,(H,27,31)/b19-12+. The van der Waals surface area contributed by atoms with Gasteiger partial charge < -0.3 is 23.9 Å². The summed E-state index contributed by atoms with van der Waals surface area (Å²) in [4.78, 5) is 37.9. The summed E-state index contributed by atoms with van der Waals surface area (Å²) in [7, 11) is 2.69. The van der Waals surface area contributed by atoms with Gasteiger partial charge in [-0.15, -0.1) is 0 Å². The van der Waals surface area contributed by atoms with Crippen molar-refractivity contribution in [3.63, 3.8) is 0 Å². The maximum Gasteiger partial charge on any atom is 0.373 e. The molecule has 3 aromatic rings. The highest BCUT2D eigenvalue weighted by Gasteiger charge is 2.34. The molecule has 0 atom stereocenters. The minimum Gasteiger partial charge on any atom is -0.493 e. The number of benzene rings is 2. The van der Waals surface area contributed by atoms with Crippen molar-refractivity contribution in [2.75, 3.05) is 14.2 Å². The zero-order valence-electron chi connectivity index (χ0n) is 18.9. The zero-order valence-corrected chi connectivity index (χ0v) is 18.9. The fourth-order valence-corrected chi connectivity index (χ4v) is 3.44. The second-order valence-electron chi connectivity index (χ2n) is 7.43. The summed E-state index contributed by atoms with van der Waals surface area (Å²) < 4.78 is 34.7. The molecule has 1 aliphatic heterocycles. The highest BCUT2D eigenvalue weighted by Crippen LogP contribution is 2.34. The molecule has 1 fully saturated rings. The van der Waals surface area contributed by atoms with Gasteiger partial charge in [0.25, 0.3) is 5.91 Å². The van der Waals surface area contributed by atoms with E-state index in [1.807, 2.05) is 0 Å². The Labute approximate surface area is 199 Å². The fraction of sp³-hybridized carbons (Fsp3) is 0.160. The van der Waals surface area contributed by atoms with Crippen LogP contribution < -0.4 is 14.8 Å². The number of ether oxygens (including phenoxy) is 3. The van der Waals surface area contributed by atoms with Crippen LogP contribution in [0.1, 0.15) is 27.4 Å². The Morgan fingerprint density at radius 2 is 1.91 bits per heavy atom. The van der Waals surface area contributed by atoms with E-state index in [0.29, 0.717) is 22.6 Å². The van der Waals surface area contributed by atoms with Crippen LogP contribution in [0.15, 0.2) is 64.7 Å². The van der Waals surface area contributed by atoms with Crippen molar-refractivity contribution in [3.05, 3.63) is 88.8 Å². The second kappa shape index (κ2) is 10.1. The van der Waals surface area contributed by atoms with Gasteiger partial charge in [0.15, 0.2) is 11.5 Å². The molecule has 9 nitrogen and oxygen atoms in total. The first-order chi connectivity index (χ1) is 16.9. The van der Waals surface area contributed by atoms with Crippen molar-refractivity contribution in [3.8, 4) is 11.5 Å².